The SMILES string of the molecule is [CH2]CCCCCCCCC#CC#CCCCCCCCCCCCC. The average Bonchev–Trinajstić information content (AvgIpc) is 2.63. The fourth-order valence-electron chi connectivity index (χ4n) is 3.01. The zero-order chi connectivity index (χ0) is 18.3. The summed E-state index contributed by atoms with van der Waals surface area (Å²) >= 11 is 0. The summed E-state index contributed by atoms with van der Waals surface area (Å²) in [5.41, 5.74) is 0. The molecule has 0 saturated carbocycles. The number of hydrogen-bond donors (Lipinski definition) is 0. The van der Waals surface area contributed by atoms with Crippen molar-refractivity contribution in [2.75, 3.05) is 0 Å². The standard InChI is InChI=1S/C25H43/c1-3-5-7-9-11-13-15-17-19-21-23-25-24-22-20-18-16-14-12-10-8-6-4-2/h1,3-18,20,22,24H2,2H3. The van der Waals surface area contributed by atoms with Crippen LogP contribution in [-0.2, 0) is 0 Å². The molecule has 0 aromatic carbocycles. The Morgan fingerprint density at radius 3 is 1.24 bits per heavy atom. The highest BCUT2D eigenvalue weighted by Crippen LogP contribution is 2.11. The van der Waals surface area contributed by atoms with Crippen molar-refractivity contribution in [3.63, 3.8) is 0 Å². The molecule has 143 valence electrons. The van der Waals surface area contributed by atoms with Crippen molar-refractivity contribution in [1.29, 1.82) is 0 Å². The Balaban J connectivity index is 3.21. The summed E-state index contributed by atoms with van der Waals surface area (Å²) in [6.45, 7) is 6.16. The van der Waals surface area contributed by atoms with Gasteiger partial charge in [-0.3, -0.25) is 0 Å². The van der Waals surface area contributed by atoms with E-state index in [4.69, 9.17) is 0 Å². The highest BCUT2D eigenvalue weighted by atomic mass is 14.0. The zero-order valence-electron chi connectivity index (χ0n) is 17.1. The molecule has 0 atom stereocenters. The summed E-state index contributed by atoms with van der Waals surface area (Å²) in [4.78, 5) is 0. The van der Waals surface area contributed by atoms with E-state index in [2.05, 4.69) is 37.5 Å². The summed E-state index contributed by atoms with van der Waals surface area (Å²) in [6, 6.07) is 0. The molecule has 0 rings (SSSR count). The van der Waals surface area contributed by atoms with Crippen molar-refractivity contribution in [2.24, 2.45) is 0 Å². The molecule has 0 heterocycles. The molecule has 0 saturated heterocycles. The Labute approximate surface area is 159 Å². The molecule has 0 fully saturated rings. The Hall–Kier alpha value is -0.880. The minimum Gasteiger partial charge on any atom is -0.0891 e. The molecule has 0 aromatic rings. The molecule has 1 radical (unpaired) electrons. The molecule has 0 spiro atoms. The third-order valence-electron chi connectivity index (χ3n) is 4.70. The van der Waals surface area contributed by atoms with Gasteiger partial charge in [-0.15, -0.1) is 0 Å². The molecule has 0 aromatic heterocycles. The van der Waals surface area contributed by atoms with E-state index in [1.54, 1.807) is 0 Å². The highest BCUT2D eigenvalue weighted by Gasteiger charge is 1.92. The van der Waals surface area contributed by atoms with Crippen LogP contribution in [0.15, 0.2) is 0 Å². The van der Waals surface area contributed by atoms with E-state index < -0.39 is 0 Å². The van der Waals surface area contributed by atoms with Gasteiger partial charge in [0.25, 0.3) is 0 Å². The van der Waals surface area contributed by atoms with Crippen molar-refractivity contribution < 1.29 is 0 Å². The van der Waals surface area contributed by atoms with Gasteiger partial charge in [0.1, 0.15) is 0 Å². The molecule has 0 unspecified atom stereocenters. The minimum absolute atomic E-state index is 1.02. The normalized spacial score (nSPS) is 10.0. The van der Waals surface area contributed by atoms with Crippen LogP contribution in [0.5, 0.6) is 0 Å². The first kappa shape index (κ1) is 24.1. The van der Waals surface area contributed by atoms with Gasteiger partial charge in [-0.25, -0.2) is 0 Å². The molecule has 0 N–H and O–H groups in total. The summed E-state index contributed by atoms with van der Waals surface area (Å²) in [5, 5.41) is 0. The van der Waals surface area contributed by atoms with E-state index in [1.165, 1.54) is 103 Å². The first-order valence-corrected chi connectivity index (χ1v) is 11.2. The molecule has 0 amide bonds. The maximum atomic E-state index is 3.88. The smallest absolute Gasteiger partial charge is 0.00989 e. The van der Waals surface area contributed by atoms with Crippen LogP contribution < -0.4 is 0 Å². The van der Waals surface area contributed by atoms with Crippen molar-refractivity contribution in [2.45, 2.75) is 129 Å². The summed E-state index contributed by atoms with van der Waals surface area (Å²) in [7, 11) is 0. The molecular formula is C25H43. The minimum atomic E-state index is 1.02. The quantitative estimate of drug-likeness (QED) is 0.184. The van der Waals surface area contributed by atoms with Crippen molar-refractivity contribution in [3.05, 3.63) is 6.92 Å². The monoisotopic (exact) mass is 343 g/mol. The van der Waals surface area contributed by atoms with Crippen LogP contribution in [-0.4, -0.2) is 0 Å². The lowest BCUT2D eigenvalue weighted by Gasteiger charge is -2.00. The fraction of sp³-hybridized carbons (Fsp3) is 0.800. The van der Waals surface area contributed by atoms with E-state index in [0.29, 0.717) is 0 Å². The van der Waals surface area contributed by atoms with Gasteiger partial charge >= 0.3 is 0 Å². The van der Waals surface area contributed by atoms with E-state index in [-0.39, 0.29) is 0 Å². The van der Waals surface area contributed by atoms with Crippen molar-refractivity contribution in [1.82, 2.24) is 0 Å². The number of hydrogen-bond acceptors (Lipinski definition) is 0. The Morgan fingerprint density at radius 2 is 0.840 bits per heavy atom. The lowest BCUT2D eigenvalue weighted by atomic mass is 10.1. The van der Waals surface area contributed by atoms with Crippen molar-refractivity contribution >= 4 is 0 Å². The second-order valence-corrected chi connectivity index (χ2v) is 7.26. The van der Waals surface area contributed by atoms with Crippen LogP contribution in [0, 0.1) is 30.6 Å². The zero-order valence-corrected chi connectivity index (χ0v) is 17.1. The van der Waals surface area contributed by atoms with Crippen LogP contribution in [0.3, 0.4) is 0 Å². The van der Waals surface area contributed by atoms with E-state index in [0.717, 1.165) is 19.3 Å². The molecule has 0 nitrogen and oxygen atoms in total. The van der Waals surface area contributed by atoms with Crippen LogP contribution in [0.25, 0.3) is 0 Å². The van der Waals surface area contributed by atoms with Crippen LogP contribution in [0.4, 0.5) is 0 Å². The lowest BCUT2D eigenvalue weighted by Crippen LogP contribution is -1.81. The molecule has 0 aliphatic heterocycles. The fourth-order valence-corrected chi connectivity index (χ4v) is 3.01. The van der Waals surface area contributed by atoms with Gasteiger partial charge in [-0.2, -0.15) is 0 Å². The molecule has 0 aliphatic carbocycles. The van der Waals surface area contributed by atoms with Crippen LogP contribution >= 0.6 is 0 Å². The van der Waals surface area contributed by atoms with Gasteiger partial charge in [-0.1, -0.05) is 122 Å². The first-order chi connectivity index (χ1) is 12.4. The van der Waals surface area contributed by atoms with Crippen molar-refractivity contribution in [3.8, 4) is 23.7 Å². The highest BCUT2D eigenvalue weighted by molar-refractivity contribution is 5.25. The maximum absolute atomic E-state index is 3.88. The van der Waals surface area contributed by atoms with Gasteiger partial charge in [0.05, 0.1) is 0 Å². The summed E-state index contributed by atoms with van der Waals surface area (Å²) < 4.78 is 0. The van der Waals surface area contributed by atoms with Gasteiger partial charge in [0.15, 0.2) is 0 Å². The largest absolute Gasteiger partial charge is 0.0891 e. The van der Waals surface area contributed by atoms with E-state index in [9.17, 15) is 0 Å². The predicted octanol–water partition coefficient (Wildman–Crippen LogP) is 8.26. The third kappa shape index (κ3) is 23.1. The second kappa shape index (κ2) is 23.1. The molecule has 0 heteroatoms. The van der Waals surface area contributed by atoms with Gasteiger partial charge in [-0.05, 0) is 24.7 Å². The number of unbranched alkanes of at least 4 members (excludes halogenated alkanes) is 17. The predicted molar refractivity (Wildman–Crippen MR) is 114 cm³/mol. The molecule has 0 aliphatic rings. The van der Waals surface area contributed by atoms with Crippen LogP contribution in [0.1, 0.15) is 129 Å². The first-order valence-electron chi connectivity index (χ1n) is 11.2. The van der Waals surface area contributed by atoms with E-state index >= 15 is 0 Å². The Morgan fingerprint density at radius 1 is 0.480 bits per heavy atom. The average molecular weight is 344 g/mol. The Kier molecular flexibility index (Phi) is 22.3. The number of rotatable bonds is 17. The Bertz CT molecular complexity index is 357. The summed E-state index contributed by atoms with van der Waals surface area (Å²) in [5.74, 6) is 12.4. The van der Waals surface area contributed by atoms with Gasteiger partial charge < -0.3 is 0 Å². The summed E-state index contributed by atoms with van der Waals surface area (Å²) in [6.07, 6.45) is 24.9. The molecule has 25 heavy (non-hydrogen) atoms. The second-order valence-electron chi connectivity index (χ2n) is 7.26. The van der Waals surface area contributed by atoms with Gasteiger partial charge in [0, 0.05) is 12.8 Å². The van der Waals surface area contributed by atoms with E-state index in [1.807, 2.05) is 0 Å². The van der Waals surface area contributed by atoms with Crippen LogP contribution in [0.2, 0.25) is 0 Å². The topological polar surface area (TPSA) is 0 Å². The molecule has 0 bridgehead atoms. The lowest BCUT2D eigenvalue weighted by molar-refractivity contribution is 0.558. The van der Waals surface area contributed by atoms with Gasteiger partial charge in [0.2, 0.25) is 0 Å². The molecular weight excluding hydrogens is 300 g/mol. The maximum Gasteiger partial charge on any atom is 0.00989 e. The third-order valence-corrected chi connectivity index (χ3v) is 4.70.